The molecule has 0 radical (unpaired) electrons. The van der Waals surface area contributed by atoms with Crippen molar-refractivity contribution in [3.05, 3.63) is 48.7 Å². The Morgan fingerprint density at radius 1 is 0.913 bits per heavy atom. The van der Waals surface area contributed by atoms with Gasteiger partial charge >= 0.3 is 0 Å². The van der Waals surface area contributed by atoms with Crippen LogP contribution in [0.3, 0.4) is 0 Å². The monoisotopic (exact) mass is 311 g/mol. The van der Waals surface area contributed by atoms with Crippen molar-refractivity contribution in [1.29, 1.82) is 0 Å². The maximum absolute atomic E-state index is 5.87. The van der Waals surface area contributed by atoms with Gasteiger partial charge in [-0.15, -0.1) is 0 Å². The van der Waals surface area contributed by atoms with Crippen LogP contribution in [0, 0.1) is 11.8 Å². The first-order valence-corrected chi connectivity index (χ1v) is 8.79. The molecule has 2 nitrogen and oxygen atoms in total. The minimum Gasteiger partial charge on any atom is -0.494 e. The summed E-state index contributed by atoms with van der Waals surface area (Å²) in [5.74, 6) is 2.50. The predicted molar refractivity (Wildman–Crippen MR) is 97.6 cm³/mol. The third-order valence-electron chi connectivity index (χ3n) is 4.17. The smallest absolute Gasteiger partial charge is 0.119 e. The van der Waals surface area contributed by atoms with E-state index in [1.807, 2.05) is 36.5 Å². The summed E-state index contributed by atoms with van der Waals surface area (Å²) < 4.78 is 5.87. The molecule has 124 valence electrons. The molecule has 1 aromatic carbocycles. The Hall–Kier alpha value is -1.83. The van der Waals surface area contributed by atoms with E-state index in [1.54, 1.807) is 0 Å². The van der Waals surface area contributed by atoms with Crippen LogP contribution in [0.25, 0.3) is 11.3 Å². The number of hydrogen-bond donors (Lipinski definition) is 0. The normalized spacial score (nSPS) is 12.3. The van der Waals surface area contributed by atoms with Crippen molar-refractivity contribution in [2.45, 2.75) is 46.5 Å². The van der Waals surface area contributed by atoms with E-state index in [1.165, 1.54) is 19.3 Å². The molecule has 1 aromatic heterocycles. The highest BCUT2D eigenvalue weighted by atomic mass is 16.5. The molecule has 0 saturated carbocycles. The maximum Gasteiger partial charge on any atom is 0.119 e. The number of benzene rings is 1. The zero-order valence-electron chi connectivity index (χ0n) is 14.7. The molecule has 2 heteroatoms. The zero-order chi connectivity index (χ0) is 16.5. The van der Waals surface area contributed by atoms with E-state index in [4.69, 9.17) is 4.74 Å². The quantitative estimate of drug-likeness (QED) is 0.568. The molecule has 0 saturated heterocycles. The number of rotatable bonds is 9. The van der Waals surface area contributed by atoms with Crippen molar-refractivity contribution in [2.75, 3.05) is 6.61 Å². The zero-order valence-corrected chi connectivity index (χ0v) is 14.7. The maximum atomic E-state index is 5.87. The molecular formula is C21H29NO. The number of hydrogen-bond acceptors (Lipinski definition) is 2. The van der Waals surface area contributed by atoms with Gasteiger partial charge in [-0.2, -0.15) is 0 Å². The molecule has 2 rings (SSSR count). The summed E-state index contributed by atoms with van der Waals surface area (Å²) in [6, 6.07) is 14.2. The highest BCUT2D eigenvalue weighted by Crippen LogP contribution is 2.21. The Kier molecular flexibility index (Phi) is 7.12. The van der Waals surface area contributed by atoms with Crippen LogP contribution in [0.5, 0.6) is 5.75 Å². The molecule has 23 heavy (non-hydrogen) atoms. The molecular weight excluding hydrogens is 282 g/mol. The molecule has 0 amide bonds. The summed E-state index contributed by atoms with van der Waals surface area (Å²) >= 11 is 0. The molecule has 0 fully saturated rings. The van der Waals surface area contributed by atoms with Crippen molar-refractivity contribution >= 4 is 0 Å². The Bertz CT molecular complexity index is 548. The van der Waals surface area contributed by atoms with Gasteiger partial charge < -0.3 is 4.74 Å². The first-order chi connectivity index (χ1) is 11.1. The highest BCUT2D eigenvalue weighted by molar-refractivity contribution is 5.59. The van der Waals surface area contributed by atoms with Crippen molar-refractivity contribution in [3.8, 4) is 17.0 Å². The molecule has 0 aliphatic rings. The fourth-order valence-corrected chi connectivity index (χ4v) is 2.65. The minimum absolute atomic E-state index is 0.738. The molecule has 1 atom stereocenters. The Morgan fingerprint density at radius 2 is 1.70 bits per heavy atom. The molecule has 0 aliphatic heterocycles. The van der Waals surface area contributed by atoms with Crippen LogP contribution >= 0.6 is 0 Å². The standard InChI is InChI=1S/C21H29NO/c1-17(2)7-6-8-18(3)14-16-23-20-12-10-19(11-13-20)21-9-4-5-15-22-21/h4-5,9-13,15,17-18H,6-8,14,16H2,1-3H3. The lowest BCUT2D eigenvalue weighted by atomic mass is 9.98. The molecule has 0 bridgehead atoms. The first kappa shape index (κ1) is 17.5. The van der Waals surface area contributed by atoms with Gasteiger partial charge in [-0.3, -0.25) is 4.98 Å². The van der Waals surface area contributed by atoms with Crippen LogP contribution < -0.4 is 4.74 Å². The Balaban J connectivity index is 1.72. The van der Waals surface area contributed by atoms with Gasteiger partial charge in [0.2, 0.25) is 0 Å². The van der Waals surface area contributed by atoms with Crippen molar-refractivity contribution in [1.82, 2.24) is 4.98 Å². The average Bonchev–Trinajstić information content (AvgIpc) is 2.56. The molecule has 0 N–H and O–H groups in total. The van der Waals surface area contributed by atoms with Gasteiger partial charge in [-0.05, 0) is 54.7 Å². The highest BCUT2D eigenvalue weighted by Gasteiger charge is 2.04. The summed E-state index contributed by atoms with van der Waals surface area (Å²) in [6.07, 6.45) is 6.92. The van der Waals surface area contributed by atoms with Crippen LogP contribution in [0.4, 0.5) is 0 Å². The van der Waals surface area contributed by atoms with Crippen molar-refractivity contribution < 1.29 is 4.74 Å². The number of pyridine rings is 1. The van der Waals surface area contributed by atoms with Gasteiger partial charge in [0, 0.05) is 11.8 Å². The lowest BCUT2D eigenvalue weighted by molar-refractivity contribution is 0.276. The van der Waals surface area contributed by atoms with Crippen molar-refractivity contribution in [2.24, 2.45) is 11.8 Å². The van der Waals surface area contributed by atoms with Gasteiger partial charge in [0.05, 0.1) is 12.3 Å². The van der Waals surface area contributed by atoms with E-state index < -0.39 is 0 Å². The topological polar surface area (TPSA) is 22.1 Å². The third-order valence-corrected chi connectivity index (χ3v) is 4.17. The van der Waals surface area contributed by atoms with Gasteiger partial charge in [0.1, 0.15) is 5.75 Å². The Morgan fingerprint density at radius 3 is 2.35 bits per heavy atom. The minimum atomic E-state index is 0.738. The average molecular weight is 311 g/mol. The largest absolute Gasteiger partial charge is 0.494 e. The first-order valence-electron chi connectivity index (χ1n) is 8.79. The van der Waals surface area contributed by atoms with Crippen LogP contribution in [0.2, 0.25) is 0 Å². The Labute approximate surface area is 140 Å². The summed E-state index contributed by atoms with van der Waals surface area (Å²) in [6.45, 7) is 7.71. The number of ether oxygens (including phenoxy) is 1. The number of aromatic nitrogens is 1. The second-order valence-corrected chi connectivity index (χ2v) is 6.81. The summed E-state index contributed by atoms with van der Waals surface area (Å²) in [7, 11) is 0. The lowest BCUT2D eigenvalue weighted by Crippen LogP contribution is -2.04. The van der Waals surface area contributed by atoms with Crippen LogP contribution in [-0.4, -0.2) is 11.6 Å². The summed E-state index contributed by atoms with van der Waals surface area (Å²) in [5.41, 5.74) is 2.12. The fraction of sp³-hybridized carbons (Fsp3) is 0.476. The van der Waals surface area contributed by atoms with Crippen LogP contribution in [-0.2, 0) is 0 Å². The van der Waals surface area contributed by atoms with E-state index >= 15 is 0 Å². The van der Waals surface area contributed by atoms with Gasteiger partial charge in [0.25, 0.3) is 0 Å². The second kappa shape index (κ2) is 9.34. The predicted octanol–water partition coefficient (Wildman–Crippen LogP) is 5.98. The fourth-order valence-electron chi connectivity index (χ4n) is 2.65. The number of nitrogens with zero attached hydrogens (tertiary/aromatic N) is 1. The molecule has 0 aliphatic carbocycles. The van der Waals surface area contributed by atoms with E-state index in [-0.39, 0.29) is 0 Å². The van der Waals surface area contributed by atoms with E-state index in [2.05, 4.69) is 37.9 Å². The van der Waals surface area contributed by atoms with E-state index in [9.17, 15) is 0 Å². The van der Waals surface area contributed by atoms with E-state index in [0.29, 0.717) is 0 Å². The SMILES string of the molecule is CC(C)CCCC(C)CCOc1ccc(-c2ccccn2)cc1. The summed E-state index contributed by atoms with van der Waals surface area (Å²) in [5, 5.41) is 0. The third kappa shape index (κ3) is 6.43. The van der Waals surface area contributed by atoms with Gasteiger partial charge in [-0.25, -0.2) is 0 Å². The van der Waals surface area contributed by atoms with E-state index in [0.717, 1.165) is 41.9 Å². The molecule has 2 aromatic rings. The molecule has 0 spiro atoms. The van der Waals surface area contributed by atoms with Gasteiger partial charge in [-0.1, -0.05) is 46.1 Å². The lowest BCUT2D eigenvalue weighted by Gasteiger charge is -2.13. The summed E-state index contributed by atoms with van der Waals surface area (Å²) in [4.78, 5) is 4.36. The van der Waals surface area contributed by atoms with Crippen molar-refractivity contribution in [3.63, 3.8) is 0 Å². The molecule has 1 unspecified atom stereocenters. The van der Waals surface area contributed by atoms with Crippen LogP contribution in [0.1, 0.15) is 46.5 Å². The van der Waals surface area contributed by atoms with Crippen LogP contribution in [0.15, 0.2) is 48.7 Å². The van der Waals surface area contributed by atoms with Gasteiger partial charge in [0.15, 0.2) is 0 Å². The molecule has 1 heterocycles. The second-order valence-electron chi connectivity index (χ2n) is 6.81.